The van der Waals surface area contributed by atoms with Crippen molar-refractivity contribution in [2.75, 3.05) is 31.1 Å². The fraction of sp³-hybridized carbons (Fsp3) is 0.562. The van der Waals surface area contributed by atoms with E-state index in [-0.39, 0.29) is 17.1 Å². The molecular weight excluding hydrogens is 547 g/mol. The number of aromatic nitrogens is 5. The lowest BCUT2D eigenvalue weighted by molar-refractivity contribution is -0.121. The lowest BCUT2D eigenvalue weighted by Crippen LogP contribution is -2.65. The Labute approximate surface area is 251 Å². The molecule has 2 saturated carbocycles. The molecule has 1 atom stereocenters. The molecular formula is C32H39FN8O2. The van der Waals surface area contributed by atoms with E-state index in [1.54, 1.807) is 25.4 Å². The second-order valence-corrected chi connectivity index (χ2v) is 13.3. The number of hydrogen-bond acceptors (Lipinski definition) is 9. The number of anilines is 1. The normalized spacial score (nSPS) is 23.6. The summed E-state index contributed by atoms with van der Waals surface area (Å²) in [7, 11) is 0. The molecule has 1 amide bonds. The van der Waals surface area contributed by atoms with E-state index in [0.717, 1.165) is 64.0 Å². The molecule has 2 aliphatic carbocycles. The van der Waals surface area contributed by atoms with Crippen LogP contribution in [0.2, 0.25) is 0 Å². The number of hydrogen-bond donors (Lipinski definition) is 1. The zero-order chi connectivity index (χ0) is 29.7. The molecule has 10 nitrogen and oxygen atoms in total. The average Bonchev–Trinajstić information content (AvgIpc) is 3.70. The Morgan fingerprint density at radius 2 is 1.91 bits per heavy atom. The molecule has 43 heavy (non-hydrogen) atoms. The summed E-state index contributed by atoms with van der Waals surface area (Å²) in [6.07, 6.45) is 10.1. The minimum atomic E-state index is -0.365. The second kappa shape index (κ2) is 11.1. The third-order valence-electron chi connectivity index (χ3n) is 9.65. The first-order valence-electron chi connectivity index (χ1n) is 15.5. The topological polar surface area (TPSA) is 109 Å². The van der Waals surface area contributed by atoms with Gasteiger partial charge in [0.2, 0.25) is 5.91 Å². The van der Waals surface area contributed by atoms with E-state index in [1.807, 2.05) is 0 Å². The molecule has 4 fully saturated rings. The number of nitrogens with zero attached hydrogens (tertiary/aromatic N) is 7. The van der Waals surface area contributed by atoms with Gasteiger partial charge in [-0.15, -0.1) is 10.2 Å². The third-order valence-corrected chi connectivity index (χ3v) is 9.65. The molecule has 0 radical (unpaired) electrons. The Morgan fingerprint density at radius 1 is 1.12 bits per heavy atom. The zero-order valence-corrected chi connectivity index (χ0v) is 25.0. The van der Waals surface area contributed by atoms with Crippen LogP contribution < -0.4 is 15.0 Å². The molecule has 11 heteroatoms. The largest absolute Gasteiger partial charge is 0.434 e. The van der Waals surface area contributed by atoms with Crippen LogP contribution in [-0.4, -0.2) is 74.2 Å². The highest BCUT2D eigenvalue weighted by Crippen LogP contribution is 2.48. The van der Waals surface area contributed by atoms with E-state index in [1.165, 1.54) is 18.5 Å². The van der Waals surface area contributed by atoms with Crippen LogP contribution in [0, 0.1) is 23.1 Å². The number of amides is 1. The van der Waals surface area contributed by atoms with Gasteiger partial charge in [-0.2, -0.15) is 0 Å². The van der Waals surface area contributed by atoms with Crippen LogP contribution in [0.15, 0.2) is 36.9 Å². The number of nitrogens with one attached hydrogen (secondary N) is 1. The Morgan fingerprint density at radius 3 is 2.65 bits per heavy atom. The number of ether oxygens (including phenoxy) is 1. The number of benzene rings is 1. The van der Waals surface area contributed by atoms with Gasteiger partial charge >= 0.3 is 0 Å². The highest BCUT2D eigenvalue weighted by atomic mass is 19.1. The molecule has 1 aromatic carbocycles. The molecule has 4 heterocycles. The Balaban J connectivity index is 1.06. The van der Waals surface area contributed by atoms with Crippen LogP contribution in [0.1, 0.15) is 64.5 Å². The molecule has 3 aromatic rings. The van der Waals surface area contributed by atoms with Gasteiger partial charge in [-0.25, -0.2) is 9.37 Å². The van der Waals surface area contributed by atoms with Gasteiger partial charge in [-0.1, -0.05) is 13.8 Å². The van der Waals surface area contributed by atoms with Crippen molar-refractivity contribution >= 4 is 11.7 Å². The molecule has 0 bridgehead atoms. The van der Waals surface area contributed by atoms with Crippen molar-refractivity contribution < 1.29 is 13.9 Å². The summed E-state index contributed by atoms with van der Waals surface area (Å²) in [6.45, 7) is 10.1. The molecule has 4 aliphatic rings. The summed E-state index contributed by atoms with van der Waals surface area (Å²) in [6, 6.07) is 5.30. The maximum absolute atomic E-state index is 14.5. The molecule has 2 aliphatic heterocycles. The van der Waals surface area contributed by atoms with Crippen molar-refractivity contribution in [2.45, 2.75) is 70.9 Å². The van der Waals surface area contributed by atoms with Crippen molar-refractivity contribution in [3.05, 3.63) is 48.4 Å². The number of likely N-dealkylation sites (tertiary alicyclic amines) is 1. The minimum Gasteiger partial charge on any atom is -0.434 e. The van der Waals surface area contributed by atoms with Crippen molar-refractivity contribution in [2.24, 2.45) is 17.3 Å². The molecule has 1 spiro atoms. The summed E-state index contributed by atoms with van der Waals surface area (Å²) in [4.78, 5) is 30.1. The van der Waals surface area contributed by atoms with Gasteiger partial charge in [-0.05, 0) is 62.1 Å². The highest BCUT2D eigenvalue weighted by molar-refractivity contribution is 5.73. The Bertz CT molecular complexity index is 1500. The van der Waals surface area contributed by atoms with Gasteiger partial charge in [0.05, 0.1) is 11.4 Å². The van der Waals surface area contributed by atoms with Gasteiger partial charge in [0.15, 0.2) is 5.82 Å². The first-order valence-corrected chi connectivity index (χ1v) is 15.5. The van der Waals surface area contributed by atoms with Crippen LogP contribution >= 0.6 is 0 Å². The first-order chi connectivity index (χ1) is 20.8. The van der Waals surface area contributed by atoms with Crippen molar-refractivity contribution in [1.82, 2.24) is 35.4 Å². The molecule has 226 valence electrons. The van der Waals surface area contributed by atoms with Gasteiger partial charge in [0.25, 0.3) is 5.88 Å². The first kappa shape index (κ1) is 28.1. The number of halogens is 1. The van der Waals surface area contributed by atoms with E-state index >= 15 is 0 Å². The van der Waals surface area contributed by atoms with Crippen LogP contribution in [-0.2, 0) is 4.79 Å². The van der Waals surface area contributed by atoms with Crippen LogP contribution in [0.4, 0.5) is 10.2 Å². The van der Waals surface area contributed by atoms with Crippen LogP contribution in [0.5, 0.6) is 11.6 Å². The Kier molecular flexibility index (Phi) is 7.23. The van der Waals surface area contributed by atoms with E-state index < -0.39 is 0 Å². The van der Waals surface area contributed by atoms with Crippen molar-refractivity contribution in [3.63, 3.8) is 0 Å². The second-order valence-electron chi connectivity index (χ2n) is 13.3. The van der Waals surface area contributed by atoms with Gasteiger partial charge in [-0.3, -0.25) is 19.7 Å². The van der Waals surface area contributed by atoms with Crippen LogP contribution in [0.3, 0.4) is 0 Å². The monoisotopic (exact) mass is 586 g/mol. The molecule has 2 aromatic heterocycles. The summed E-state index contributed by atoms with van der Waals surface area (Å²) in [5, 5.41) is 11.4. The predicted molar refractivity (Wildman–Crippen MR) is 159 cm³/mol. The number of carbonyl (C=O) groups excluding carboxylic acids is 1. The summed E-state index contributed by atoms with van der Waals surface area (Å²) >= 11 is 0. The van der Waals surface area contributed by atoms with Crippen molar-refractivity contribution in [1.29, 1.82) is 0 Å². The zero-order valence-electron chi connectivity index (χ0n) is 25.0. The van der Waals surface area contributed by atoms with E-state index in [0.29, 0.717) is 58.5 Å². The van der Waals surface area contributed by atoms with E-state index in [2.05, 4.69) is 54.1 Å². The molecule has 1 unspecified atom stereocenters. The summed E-state index contributed by atoms with van der Waals surface area (Å²) < 4.78 is 20.9. The SMILES string of the molecule is CC(=O)NC1CC(C(C(C)C)N2CC3(CCN(c4ncnnc4Oc4ccc(F)cc4-c4nccnc4C4CC4)C3)C2)C1. The van der Waals surface area contributed by atoms with E-state index in [4.69, 9.17) is 4.74 Å². The summed E-state index contributed by atoms with van der Waals surface area (Å²) in [5.41, 5.74) is 2.27. The highest BCUT2D eigenvalue weighted by Gasteiger charge is 2.53. The predicted octanol–water partition coefficient (Wildman–Crippen LogP) is 4.59. The third kappa shape index (κ3) is 5.55. The van der Waals surface area contributed by atoms with Crippen molar-refractivity contribution in [3.8, 4) is 22.9 Å². The lowest BCUT2D eigenvalue weighted by atomic mass is 9.68. The Hall–Kier alpha value is -3.73. The fourth-order valence-electron chi connectivity index (χ4n) is 7.64. The lowest BCUT2D eigenvalue weighted by Gasteiger charge is -2.57. The summed E-state index contributed by atoms with van der Waals surface area (Å²) in [5.74, 6) is 2.63. The van der Waals surface area contributed by atoms with Gasteiger partial charge < -0.3 is 15.0 Å². The van der Waals surface area contributed by atoms with E-state index in [9.17, 15) is 9.18 Å². The molecule has 7 rings (SSSR count). The smallest absolute Gasteiger partial charge is 0.282 e. The maximum atomic E-state index is 14.5. The van der Waals surface area contributed by atoms with Crippen LogP contribution in [0.25, 0.3) is 11.3 Å². The minimum absolute atomic E-state index is 0.0634. The van der Waals surface area contributed by atoms with Gasteiger partial charge in [0.1, 0.15) is 17.9 Å². The fourth-order valence-corrected chi connectivity index (χ4v) is 7.64. The van der Waals surface area contributed by atoms with Gasteiger partial charge in [0, 0.05) is 74.5 Å². The quantitative estimate of drug-likeness (QED) is 0.385. The molecule has 1 N–H and O–H groups in total. The molecule has 2 saturated heterocycles. The number of carbonyl (C=O) groups is 1. The number of rotatable bonds is 9. The standard InChI is InChI=1S/C32H39FN8O2/c1-19(2)29(22-12-24(13-22)38-20(3)42)41-16-32(17-41)8-11-40(15-32)30-31(39-37-18-36-30)43-26-7-6-23(33)14-25(26)28-27(21-4-5-21)34-9-10-35-28/h6-7,9-10,14,18-19,21-22,24,29H,4-5,8,11-13,15-17H2,1-3H3,(H,38,42). The maximum Gasteiger partial charge on any atom is 0.282 e. The average molecular weight is 587 g/mol.